The summed E-state index contributed by atoms with van der Waals surface area (Å²) in [6, 6.07) is 9.03. The third kappa shape index (κ3) is 2.73. The maximum Gasteiger partial charge on any atom is 0.311 e. The molecule has 4 rings (SSSR count). The van der Waals surface area contributed by atoms with Crippen molar-refractivity contribution in [2.24, 2.45) is 5.92 Å². The summed E-state index contributed by atoms with van der Waals surface area (Å²) in [7, 11) is 1.33. The second kappa shape index (κ2) is 6.01. The number of benzene rings is 1. The summed E-state index contributed by atoms with van der Waals surface area (Å²) in [5, 5.41) is 0. The van der Waals surface area contributed by atoms with E-state index in [0.717, 1.165) is 5.56 Å². The number of rotatable bonds is 3. The molecule has 1 fully saturated rings. The summed E-state index contributed by atoms with van der Waals surface area (Å²) in [4.78, 5) is 34.0. The van der Waals surface area contributed by atoms with Crippen molar-refractivity contribution in [3.05, 3.63) is 42.7 Å². The Bertz CT molecular complexity index is 951. The van der Waals surface area contributed by atoms with Crippen molar-refractivity contribution in [2.75, 3.05) is 18.6 Å². The van der Waals surface area contributed by atoms with Gasteiger partial charge in [0.05, 0.1) is 18.6 Å². The molecule has 25 heavy (non-hydrogen) atoms. The number of methoxy groups -OCH3 is 1. The van der Waals surface area contributed by atoms with Crippen LogP contribution in [0.5, 0.6) is 0 Å². The number of aromatic nitrogens is 2. The second-order valence-corrected chi connectivity index (χ2v) is 5.84. The van der Waals surface area contributed by atoms with E-state index in [1.54, 1.807) is 35.5 Å². The predicted octanol–water partition coefficient (Wildman–Crippen LogP) is 2.42. The fraction of sp³-hybridized carbons (Fsp3) is 0.222. The van der Waals surface area contributed by atoms with Crippen LogP contribution in [-0.2, 0) is 14.3 Å². The molecule has 2 aromatic heterocycles. The van der Waals surface area contributed by atoms with Crippen molar-refractivity contribution in [1.82, 2.24) is 9.97 Å². The zero-order valence-corrected chi connectivity index (χ0v) is 13.5. The van der Waals surface area contributed by atoms with E-state index in [2.05, 4.69) is 9.97 Å². The zero-order valence-electron chi connectivity index (χ0n) is 13.5. The average molecular weight is 337 g/mol. The van der Waals surface area contributed by atoms with Crippen LogP contribution in [0.3, 0.4) is 0 Å². The van der Waals surface area contributed by atoms with Crippen molar-refractivity contribution in [3.63, 3.8) is 0 Å². The first-order valence-corrected chi connectivity index (χ1v) is 7.85. The van der Waals surface area contributed by atoms with E-state index in [9.17, 15) is 9.59 Å². The number of carbonyl (C=O) groups is 2. The van der Waals surface area contributed by atoms with E-state index in [1.165, 1.54) is 7.11 Å². The summed E-state index contributed by atoms with van der Waals surface area (Å²) < 4.78 is 10.5. The van der Waals surface area contributed by atoms with Crippen molar-refractivity contribution < 1.29 is 18.7 Å². The molecule has 3 heterocycles. The van der Waals surface area contributed by atoms with Crippen LogP contribution < -0.4 is 4.90 Å². The maximum atomic E-state index is 12.2. The molecule has 1 atom stereocenters. The van der Waals surface area contributed by atoms with E-state index >= 15 is 0 Å². The highest BCUT2D eigenvalue weighted by molar-refractivity contribution is 6.00. The van der Waals surface area contributed by atoms with Crippen molar-refractivity contribution >= 4 is 28.7 Å². The molecule has 126 valence electrons. The number of esters is 1. The number of nitrogens with zero attached hydrogens (tertiary/aromatic N) is 3. The molecule has 0 saturated carbocycles. The molecule has 1 aromatic carbocycles. The van der Waals surface area contributed by atoms with E-state index in [1.807, 2.05) is 12.1 Å². The van der Waals surface area contributed by atoms with Crippen LogP contribution in [0.2, 0.25) is 0 Å². The predicted molar refractivity (Wildman–Crippen MR) is 89.7 cm³/mol. The fourth-order valence-corrected chi connectivity index (χ4v) is 2.98. The Morgan fingerprint density at radius 2 is 2.24 bits per heavy atom. The first-order chi connectivity index (χ1) is 12.2. The molecule has 0 bridgehead atoms. The highest BCUT2D eigenvalue weighted by Crippen LogP contribution is 2.30. The molecule has 0 spiro atoms. The lowest BCUT2D eigenvalue weighted by Gasteiger charge is -2.16. The van der Waals surface area contributed by atoms with Crippen LogP contribution in [0.25, 0.3) is 22.6 Å². The number of amides is 1. The third-order valence-electron chi connectivity index (χ3n) is 4.25. The van der Waals surface area contributed by atoms with Crippen molar-refractivity contribution in [2.45, 2.75) is 6.42 Å². The van der Waals surface area contributed by atoms with Gasteiger partial charge in [-0.2, -0.15) is 0 Å². The fourth-order valence-electron chi connectivity index (χ4n) is 2.98. The standard InChI is InChI=1S/C18H15N3O4/c1-24-18(23)12-7-16(22)21(10-12)13-4-5-15-14(8-13)20-17(25-15)11-3-2-6-19-9-11/h2-6,8-9,12H,7,10H2,1H3/t12-/m1/s1. The van der Waals surface area contributed by atoms with Crippen LogP contribution in [-0.4, -0.2) is 35.5 Å². The van der Waals surface area contributed by atoms with Gasteiger partial charge in [-0.15, -0.1) is 0 Å². The largest absolute Gasteiger partial charge is 0.469 e. The molecule has 0 N–H and O–H groups in total. The van der Waals surface area contributed by atoms with Gasteiger partial charge in [-0.05, 0) is 30.3 Å². The van der Waals surface area contributed by atoms with Gasteiger partial charge in [0.15, 0.2) is 5.58 Å². The highest BCUT2D eigenvalue weighted by atomic mass is 16.5. The molecule has 1 aliphatic rings. The minimum absolute atomic E-state index is 0.106. The zero-order chi connectivity index (χ0) is 17.4. The Balaban J connectivity index is 1.66. The van der Waals surface area contributed by atoms with Gasteiger partial charge in [0, 0.05) is 31.0 Å². The number of fused-ring (bicyclic) bond motifs is 1. The van der Waals surface area contributed by atoms with E-state index in [0.29, 0.717) is 29.2 Å². The number of hydrogen-bond donors (Lipinski definition) is 0. The molecule has 0 unspecified atom stereocenters. The van der Waals surface area contributed by atoms with Crippen molar-refractivity contribution in [3.8, 4) is 11.5 Å². The first kappa shape index (κ1) is 15.3. The van der Waals surface area contributed by atoms with Crippen LogP contribution in [0.15, 0.2) is 47.1 Å². The summed E-state index contributed by atoms with van der Waals surface area (Å²) in [6.45, 7) is 0.310. The number of carbonyl (C=O) groups excluding carboxylic acids is 2. The topological polar surface area (TPSA) is 85.5 Å². The molecule has 1 aliphatic heterocycles. The highest BCUT2D eigenvalue weighted by Gasteiger charge is 2.36. The van der Waals surface area contributed by atoms with Gasteiger partial charge in [-0.1, -0.05) is 0 Å². The van der Waals surface area contributed by atoms with E-state index in [4.69, 9.17) is 9.15 Å². The number of anilines is 1. The molecule has 3 aromatic rings. The van der Waals surface area contributed by atoms with Crippen LogP contribution in [0.4, 0.5) is 5.69 Å². The Labute approximate surface area is 143 Å². The lowest BCUT2D eigenvalue weighted by atomic mass is 10.1. The smallest absolute Gasteiger partial charge is 0.311 e. The summed E-state index contributed by atoms with van der Waals surface area (Å²) in [6.07, 6.45) is 3.52. The van der Waals surface area contributed by atoms with Gasteiger partial charge >= 0.3 is 5.97 Å². The van der Waals surface area contributed by atoms with E-state index in [-0.39, 0.29) is 18.3 Å². The van der Waals surface area contributed by atoms with Gasteiger partial charge in [0.1, 0.15) is 5.52 Å². The summed E-state index contributed by atoms with van der Waals surface area (Å²) >= 11 is 0. The monoisotopic (exact) mass is 337 g/mol. The van der Waals surface area contributed by atoms with Gasteiger partial charge in [0.2, 0.25) is 11.8 Å². The normalized spacial score (nSPS) is 17.2. The van der Waals surface area contributed by atoms with E-state index < -0.39 is 5.92 Å². The van der Waals surface area contributed by atoms with Gasteiger partial charge in [-0.25, -0.2) is 4.98 Å². The number of ether oxygens (including phenoxy) is 1. The Hall–Kier alpha value is -3.22. The number of pyridine rings is 1. The quantitative estimate of drug-likeness (QED) is 0.682. The van der Waals surface area contributed by atoms with Gasteiger partial charge in [-0.3, -0.25) is 14.6 Å². The molecule has 7 nitrogen and oxygen atoms in total. The molecule has 1 amide bonds. The SMILES string of the molecule is COC(=O)[C@@H]1CC(=O)N(c2ccc3oc(-c4cccnc4)nc3c2)C1. The Morgan fingerprint density at radius 1 is 1.36 bits per heavy atom. The molecule has 1 saturated heterocycles. The molecule has 0 aliphatic carbocycles. The Kier molecular flexibility index (Phi) is 3.68. The van der Waals surface area contributed by atoms with Gasteiger partial charge < -0.3 is 14.1 Å². The average Bonchev–Trinajstić information content (AvgIpc) is 3.24. The lowest BCUT2D eigenvalue weighted by molar-refractivity contribution is -0.145. The van der Waals surface area contributed by atoms with Crippen LogP contribution in [0.1, 0.15) is 6.42 Å². The summed E-state index contributed by atoms with van der Waals surface area (Å²) in [5.74, 6) is -0.431. The number of oxazole rings is 1. The number of hydrogen-bond acceptors (Lipinski definition) is 6. The molecule has 0 radical (unpaired) electrons. The third-order valence-corrected chi connectivity index (χ3v) is 4.25. The van der Waals surface area contributed by atoms with Crippen LogP contribution in [0, 0.1) is 5.92 Å². The minimum Gasteiger partial charge on any atom is -0.469 e. The lowest BCUT2D eigenvalue weighted by Crippen LogP contribution is -2.26. The van der Waals surface area contributed by atoms with Crippen LogP contribution >= 0.6 is 0 Å². The van der Waals surface area contributed by atoms with Gasteiger partial charge in [0.25, 0.3) is 0 Å². The Morgan fingerprint density at radius 3 is 3.00 bits per heavy atom. The van der Waals surface area contributed by atoms with Crippen molar-refractivity contribution in [1.29, 1.82) is 0 Å². The first-order valence-electron chi connectivity index (χ1n) is 7.85. The maximum absolute atomic E-state index is 12.2. The molecular formula is C18H15N3O4. The molecular weight excluding hydrogens is 322 g/mol. The minimum atomic E-state index is -0.434. The molecule has 7 heteroatoms. The second-order valence-electron chi connectivity index (χ2n) is 5.84. The summed E-state index contributed by atoms with van der Waals surface area (Å²) in [5.41, 5.74) is 2.74.